The second-order valence-electron chi connectivity index (χ2n) is 2.08. The number of rotatable bonds is 1. The van der Waals surface area contributed by atoms with Crippen LogP contribution in [0.2, 0.25) is 0 Å². The topological polar surface area (TPSA) is 20.2 Å². The minimum absolute atomic E-state index is 0.135. The summed E-state index contributed by atoms with van der Waals surface area (Å²) in [5.74, 6) is 5.51. The van der Waals surface area contributed by atoms with Crippen molar-refractivity contribution in [1.82, 2.24) is 0 Å². The molecule has 0 rings (SSSR count). The normalized spacial score (nSPS) is 7.10. The second kappa shape index (κ2) is 6.16. The third-order valence-electron chi connectivity index (χ3n) is 0.772. The molecular formula is C9H12O. The van der Waals surface area contributed by atoms with Gasteiger partial charge in [0.15, 0.2) is 0 Å². The quantitative estimate of drug-likeness (QED) is 0.428. The van der Waals surface area contributed by atoms with Gasteiger partial charge in [-0.05, 0) is 19.4 Å². The highest BCUT2D eigenvalue weighted by molar-refractivity contribution is 5.16. The van der Waals surface area contributed by atoms with Crippen LogP contribution in [-0.4, -0.2) is 11.7 Å². The Balaban J connectivity index is 3.76. The molecule has 10 heavy (non-hydrogen) atoms. The van der Waals surface area contributed by atoms with Gasteiger partial charge in [-0.15, -0.1) is 5.73 Å². The van der Waals surface area contributed by atoms with Crippen molar-refractivity contribution in [3.05, 3.63) is 17.4 Å². The molecule has 0 aromatic carbocycles. The fraction of sp³-hybridized carbons (Fsp3) is 0.444. The molecule has 0 saturated carbocycles. The lowest BCUT2D eigenvalue weighted by Gasteiger charge is -1.74. The van der Waals surface area contributed by atoms with E-state index in [1.54, 1.807) is 6.08 Å². The maximum Gasteiger partial charge on any atom is 0.0540 e. The van der Waals surface area contributed by atoms with E-state index in [1.165, 1.54) is 0 Å². The Hall–Kier alpha value is -0.960. The van der Waals surface area contributed by atoms with Crippen LogP contribution in [0.15, 0.2) is 17.4 Å². The molecule has 0 aliphatic heterocycles. The van der Waals surface area contributed by atoms with Crippen molar-refractivity contribution in [2.75, 3.05) is 6.61 Å². The number of aliphatic hydroxyl groups is 1. The molecule has 0 bridgehead atoms. The molecule has 0 aromatic rings. The molecule has 0 amide bonds. The summed E-state index contributed by atoms with van der Waals surface area (Å²) < 4.78 is 0. The van der Waals surface area contributed by atoms with Gasteiger partial charge in [0.2, 0.25) is 0 Å². The van der Waals surface area contributed by atoms with Crippen LogP contribution in [0.1, 0.15) is 20.3 Å². The molecule has 0 atom stereocenters. The Kier molecular flexibility index (Phi) is 5.57. The smallest absolute Gasteiger partial charge is 0.0540 e. The van der Waals surface area contributed by atoms with Crippen LogP contribution in [0.25, 0.3) is 0 Å². The Morgan fingerprint density at radius 3 is 2.70 bits per heavy atom. The van der Waals surface area contributed by atoms with Crippen molar-refractivity contribution < 1.29 is 5.11 Å². The fourth-order valence-electron chi connectivity index (χ4n) is 0.360. The summed E-state index contributed by atoms with van der Waals surface area (Å²) in [6.07, 6.45) is 2.21. The summed E-state index contributed by atoms with van der Waals surface area (Å²) >= 11 is 0. The minimum atomic E-state index is 0.135. The first-order valence-corrected chi connectivity index (χ1v) is 3.25. The van der Waals surface area contributed by atoms with Gasteiger partial charge >= 0.3 is 0 Å². The van der Waals surface area contributed by atoms with Gasteiger partial charge in [0.05, 0.1) is 6.61 Å². The molecule has 0 fully saturated rings. The first-order chi connectivity index (χ1) is 4.77. The van der Waals surface area contributed by atoms with Crippen LogP contribution in [0.5, 0.6) is 0 Å². The first kappa shape index (κ1) is 9.04. The van der Waals surface area contributed by atoms with E-state index in [9.17, 15) is 0 Å². The largest absolute Gasteiger partial charge is 0.395 e. The average Bonchev–Trinajstić information content (AvgIpc) is 1.87. The van der Waals surface area contributed by atoms with Crippen molar-refractivity contribution in [1.29, 1.82) is 0 Å². The van der Waals surface area contributed by atoms with Gasteiger partial charge in [0.25, 0.3) is 0 Å². The standard InChI is InChI=1S/C9H12O/c1-9(2)7-5-3-4-6-8-10/h5,10H,6,8H2,1-2H3. The minimum Gasteiger partial charge on any atom is -0.395 e. The van der Waals surface area contributed by atoms with Gasteiger partial charge in [-0.3, -0.25) is 0 Å². The van der Waals surface area contributed by atoms with Gasteiger partial charge in [-0.1, -0.05) is 11.8 Å². The van der Waals surface area contributed by atoms with Crippen LogP contribution in [-0.2, 0) is 0 Å². The second-order valence-corrected chi connectivity index (χ2v) is 2.08. The van der Waals surface area contributed by atoms with Crippen molar-refractivity contribution in [3.8, 4) is 11.8 Å². The average molecular weight is 136 g/mol. The zero-order valence-corrected chi connectivity index (χ0v) is 6.44. The van der Waals surface area contributed by atoms with Gasteiger partial charge < -0.3 is 5.11 Å². The predicted octanol–water partition coefficient (Wildman–Crippen LogP) is 1.49. The summed E-state index contributed by atoms with van der Waals surface area (Å²) in [6, 6.07) is 0. The summed E-state index contributed by atoms with van der Waals surface area (Å²) in [7, 11) is 0. The Labute approximate surface area is 62.1 Å². The molecule has 0 radical (unpaired) electrons. The third-order valence-corrected chi connectivity index (χ3v) is 0.772. The molecule has 0 aliphatic rings. The van der Waals surface area contributed by atoms with E-state index in [1.807, 2.05) is 13.8 Å². The van der Waals surface area contributed by atoms with E-state index in [4.69, 9.17) is 5.11 Å². The molecule has 0 saturated heterocycles. The maximum absolute atomic E-state index is 8.33. The zero-order valence-electron chi connectivity index (χ0n) is 6.44. The van der Waals surface area contributed by atoms with Gasteiger partial charge in [0.1, 0.15) is 0 Å². The zero-order chi connectivity index (χ0) is 7.82. The lowest BCUT2D eigenvalue weighted by molar-refractivity contribution is 0.305. The Morgan fingerprint density at radius 2 is 2.20 bits per heavy atom. The lowest BCUT2D eigenvalue weighted by atomic mass is 10.3. The van der Waals surface area contributed by atoms with Crippen molar-refractivity contribution >= 4 is 0 Å². The molecule has 54 valence electrons. The highest BCUT2D eigenvalue weighted by Gasteiger charge is 1.67. The molecular weight excluding hydrogens is 124 g/mol. The van der Waals surface area contributed by atoms with E-state index >= 15 is 0 Å². The molecule has 0 unspecified atom stereocenters. The van der Waals surface area contributed by atoms with Crippen LogP contribution in [0, 0.1) is 11.8 Å². The fourth-order valence-corrected chi connectivity index (χ4v) is 0.360. The monoisotopic (exact) mass is 136 g/mol. The highest BCUT2D eigenvalue weighted by Crippen LogP contribution is 1.81. The number of hydrogen-bond acceptors (Lipinski definition) is 1. The lowest BCUT2D eigenvalue weighted by Crippen LogP contribution is -1.74. The van der Waals surface area contributed by atoms with E-state index in [0.29, 0.717) is 6.42 Å². The molecule has 1 heteroatoms. The summed E-state index contributed by atoms with van der Waals surface area (Å²) in [5, 5.41) is 8.33. The summed E-state index contributed by atoms with van der Waals surface area (Å²) in [4.78, 5) is 0. The van der Waals surface area contributed by atoms with Crippen molar-refractivity contribution in [3.63, 3.8) is 0 Å². The predicted molar refractivity (Wildman–Crippen MR) is 42.4 cm³/mol. The molecule has 0 spiro atoms. The molecule has 1 nitrogen and oxygen atoms in total. The number of hydrogen-bond donors (Lipinski definition) is 1. The number of allylic oxidation sites excluding steroid dienone is 1. The molecule has 0 heterocycles. The molecule has 0 aromatic heterocycles. The summed E-state index contributed by atoms with van der Waals surface area (Å²) in [6.45, 7) is 4.06. The maximum atomic E-state index is 8.33. The van der Waals surface area contributed by atoms with E-state index in [0.717, 1.165) is 5.57 Å². The Bertz CT molecular complexity index is 193. The van der Waals surface area contributed by atoms with Gasteiger partial charge in [-0.2, -0.15) is 0 Å². The number of aliphatic hydroxyl groups excluding tert-OH is 1. The molecule has 0 aliphatic carbocycles. The van der Waals surface area contributed by atoms with E-state index in [2.05, 4.69) is 17.6 Å². The van der Waals surface area contributed by atoms with E-state index < -0.39 is 0 Å². The van der Waals surface area contributed by atoms with Crippen LogP contribution < -0.4 is 0 Å². The van der Waals surface area contributed by atoms with Gasteiger partial charge in [-0.25, -0.2) is 0 Å². The van der Waals surface area contributed by atoms with Crippen molar-refractivity contribution in [2.24, 2.45) is 0 Å². The van der Waals surface area contributed by atoms with E-state index in [-0.39, 0.29) is 6.61 Å². The van der Waals surface area contributed by atoms with Crippen LogP contribution in [0.3, 0.4) is 0 Å². The SMILES string of the molecule is CC(C)=C=CC#CCCO. The summed E-state index contributed by atoms with van der Waals surface area (Å²) in [5.41, 5.74) is 4.05. The van der Waals surface area contributed by atoms with Crippen LogP contribution >= 0.6 is 0 Å². The van der Waals surface area contributed by atoms with Crippen LogP contribution in [0.4, 0.5) is 0 Å². The highest BCUT2D eigenvalue weighted by atomic mass is 16.2. The first-order valence-electron chi connectivity index (χ1n) is 3.25. The van der Waals surface area contributed by atoms with Gasteiger partial charge in [0, 0.05) is 12.5 Å². The molecule has 1 N–H and O–H groups in total. The Morgan fingerprint density at radius 1 is 1.50 bits per heavy atom. The third kappa shape index (κ3) is 7.04. The van der Waals surface area contributed by atoms with Crippen molar-refractivity contribution in [2.45, 2.75) is 20.3 Å².